The molecular formula is C8H5ClO2. The smallest absolute Gasteiger partial charge is 0.203 e. The third kappa shape index (κ3) is 0.994. The maximum Gasteiger partial charge on any atom is 0.203 e. The van der Waals surface area contributed by atoms with E-state index in [1.54, 1.807) is 18.2 Å². The molecule has 1 heterocycles. The second-order valence-electron chi connectivity index (χ2n) is 2.35. The summed E-state index contributed by atoms with van der Waals surface area (Å²) in [6, 6.07) is 5.05. The summed E-state index contributed by atoms with van der Waals surface area (Å²) >= 11 is 5.68. The summed E-state index contributed by atoms with van der Waals surface area (Å²) in [5.74, 6) is 0.641. The third-order valence-electron chi connectivity index (χ3n) is 1.60. The van der Waals surface area contributed by atoms with Gasteiger partial charge in [-0.2, -0.15) is 0 Å². The molecule has 0 saturated heterocycles. The van der Waals surface area contributed by atoms with Crippen molar-refractivity contribution in [2.45, 2.75) is 0 Å². The summed E-state index contributed by atoms with van der Waals surface area (Å²) in [6.45, 7) is 0.148. The third-order valence-corrected chi connectivity index (χ3v) is 1.84. The van der Waals surface area contributed by atoms with Crippen molar-refractivity contribution in [1.82, 2.24) is 0 Å². The van der Waals surface area contributed by atoms with Crippen molar-refractivity contribution in [2.75, 3.05) is 6.61 Å². The molecule has 0 spiro atoms. The van der Waals surface area contributed by atoms with Crippen LogP contribution in [0.4, 0.5) is 0 Å². The molecule has 0 saturated carbocycles. The minimum atomic E-state index is 0.00231. The predicted molar refractivity (Wildman–Crippen MR) is 41.3 cm³/mol. The van der Waals surface area contributed by atoms with Gasteiger partial charge in [-0.1, -0.05) is 11.6 Å². The van der Waals surface area contributed by atoms with Gasteiger partial charge in [0.2, 0.25) is 5.78 Å². The highest BCUT2D eigenvalue weighted by molar-refractivity contribution is 6.31. The number of Topliss-reactive ketones (excluding diaryl/α,β-unsaturated/α-hetero) is 1. The summed E-state index contributed by atoms with van der Waals surface area (Å²) in [7, 11) is 0. The Kier molecular flexibility index (Phi) is 1.36. The number of hydrogen-bond acceptors (Lipinski definition) is 2. The first kappa shape index (κ1) is 6.68. The standard InChI is InChI=1S/C8H5ClO2/c9-5-1-2-8-6(3-5)7(10)4-11-8/h1-3H,4H2. The number of hydrogen-bond donors (Lipinski definition) is 0. The number of ether oxygens (including phenoxy) is 1. The van der Waals surface area contributed by atoms with E-state index < -0.39 is 0 Å². The molecular weight excluding hydrogens is 164 g/mol. The van der Waals surface area contributed by atoms with Crippen molar-refractivity contribution in [2.24, 2.45) is 0 Å². The predicted octanol–water partition coefficient (Wildman–Crippen LogP) is 1.92. The summed E-state index contributed by atoms with van der Waals surface area (Å²) in [5.41, 5.74) is 0.595. The van der Waals surface area contributed by atoms with Gasteiger partial charge in [-0.25, -0.2) is 0 Å². The Morgan fingerprint density at radius 3 is 3.09 bits per heavy atom. The summed E-state index contributed by atoms with van der Waals surface area (Å²) in [6.07, 6.45) is 0. The van der Waals surface area contributed by atoms with Gasteiger partial charge in [-0.05, 0) is 18.2 Å². The van der Waals surface area contributed by atoms with Crippen LogP contribution in [0.5, 0.6) is 5.75 Å². The van der Waals surface area contributed by atoms with Crippen LogP contribution in [0.25, 0.3) is 0 Å². The number of fused-ring (bicyclic) bond motifs is 1. The summed E-state index contributed by atoms with van der Waals surface area (Å²) in [4.78, 5) is 11.0. The molecule has 0 atom stereocenters. The van der Waals surface area contributed by atoms with E-state index in [9.17, 15) is 4.79 Å². The Labute approximate surface area is 68.7 Å². The van der Waals surface area contributed by atoms with Gasteiger partial charge in [0.15, 0.2) is 6.61 Å². The zero-order chi connectivity index (χ0) is 7.84. The first-order valence-electron chi connectivity index (χ1n) is 3.23. The van der Waals surface area contributed by atoms with E-state index in [0.29, 0.717) is 16.3 Å². The first-order valence-corrected chi connectivity index (χ1v) is 3.61. The number of ketones is 1. The topological polar surface area (TPSA) is 26.3 Å². The van der Waals surface area contributed by atoms with E-state index in [1.807, 2.05) is 0 Å². The second kappa shape index (κ2) is 2.24. The molecule has 0 aromatic heterocycles. The van der Waals surface area contributed by atoms with Crippen molar-refractivity contribution in [3.8, 4) is 5.75 Å². The van der Waals surface area contributed by atoms with Gasteiger partial charge in [-0.3, -0.25) is 4.79 Å². The number of carbonyl (C=O) groups is 1. The lowest BCUT2D eigenvalue weighted by Crippen LogP contribution is -1.98. The van der Waals surface area contributed by atoms with Crippen LogP contribution in [0.15, 0.2) is 18.2 Å². The quantitative estimate of drug-likeness (QED) is 0.592. The summed E-state index contributed by atoms with van der Waals surface area (Å²) < 4.78 is 5.06. The molecule has 0 N–H and O–H groups in total. The number of carbonyl (C=O) groups excluding carboxylic acids is 1. The van der Waals surface area contributed by atoms with Gasteiger partial charge >= 0.3 is 0 Å². The molecule has 3 heteroatoms. The van der Waals surface area contributed by atoms with Crippen LogP contribution in [0.1, 0.15) is 10.4 Å². The van der Waals surface area contributed by atoms with Crippen LogP contribution in [0.3, 0.4) is 0 Å². The Balaban J connectivity index is 2.60. The molecule has 1 aliphatic heterocycles. The average molecular weight is 169 g/mol. The Bertz CT molecular complexity index is 320. The minimum Gasteiger partial charge on any atom is -0.485 e. The molecule has 0 amide bonds. The molecule has 1 aliphatic rings. The molecule has 56 valence electrons. The molecule has 2 nitrogen and oxygen atoms in total. The van der Waals surface area contributed by atoms with Gasteiger partial charge in [0, 0.05) is 5.02 Å². The second-order valence-corrected chi connectivity index (χ2v) is 2.79. The minimum absolute atomic E-state index is 0.00231. The van der Waals surface area contributed by atoms with E-state index in [4.69, 9.17) is 16.3 Å². The van der Waals surface area contributed by atoms with Crippen LogP contribution >= 0.6 is 11.6 Å². The molecule has 11 heavy (non-hydrogen) atoms. The van der Waals surface area contributed by atoms with E-state index in [2.05, 4.69) is 0 Å². The molecule has 1 aromatic carbocycles. The van der Waals surface area contributed by atoms with Crippen molar-refractivity contribution < 1.29 is 9.53 Å². The number of rotatable bonds is 0. The lowest BCUT2D eigenvalue weighted by molar-refractivity contribution is 0.0961. The van der Waals surface area contributed by atoms with Gasteiger partial charge in [-0.15, -0.1) is 0 Å². The molecule has 1 aromatic rings. The van der Waals surface area contributed by atoms with Gasteiger partial charge in [0.05, 0.1) is 5.56 Å². The summed E-state index contributed by atoms with van der Waals surface area (Å²) in [5, 5.41) is 0.572. The normalized spacial score (nSPS) is 14.5. The van der Waals surface area contributed by atoms with Crippen LogP contribution in [-0.4, -0.2) is 12.4 Å². The van der Waals surface area contributed by atoms with E-state index in [-0.39, 0.29) is 12.4 Å². The number of benzene rings is 1. The van der Waals surface area contributed by atoms with Crippen molar-refractivity contribution >= 4 is 17.4 Å². The molecule has 0 aliphatic carbocycles. The van der Waals surface area contributed by atoms with Gasteiger partial charge in [0.1, 0.15) is 5.75 Å². The fourth-order valence-corrected chi connectivity index (χ4v) is 1.24. The zero-order valence-corrected chi connectivity index (χ0v) is 6.39. The monoisotopic (exact) mass is 168 g/mol. The van der Waals surface area contributed by atoms with Crippen molar-refractivity contribution in [1.29, 1.82) is 0 Å². The highest BCUT2D eigenvalue weighted by atomic mass is 35.5. The van der Waals surface area contributed by atoms with Gasteiger partial charge < -0.3 is 4.74 Å². The van der Waals surface area contributed by atoms with E-state index in [1.165, 1.54) is 0 Å². The van der Waals surface area contributed by atoms with Crippen LogP contribution < -0.4 is 4.74 Å². The Morgan fingerprint density at radius 1 is 1.45 bits per heavy atom. The Hall–Kier alpha value is -1.02. The SMILES string of the molecule is O=C1COc2ccc(Cl)cc21. The fourth-order valence-electron chi connectivity index (χ4n) is 1.07. The Morgan fingerprint density at radius 2 is 2.27 bits per heavy atom. The first-order chi connectivity index (χ1) is 5.27. The largest absolute Gasteiger partial charge is 0.485 e. The lowest BCUT2D eigenvalue weighted by atomic mass is 10.1. The van der Waals surface area contributed by atoms with Crippen molar-refractivity contribution in [3.63, 3.8) is 0 Å². The fraction of sp³-hybridized carbons (Fsp3) is 0.125. The van der Waals surface area contributed by atoms with Crippen molar-refractivity contribution in [3.05, 3.63) is 28.8 Å². The maximum absolute atomic E-state index is 11.0. The maximum atomic E-state index is 11.0. The van der Waals surface area contributed by atoms with Gasteiger partial charge in [0.25, 0.3) is 0 Å². The zero-order valence-electron chi connectivity index (χ0n) is 5.63. The number of halogens is 1. The highest BCUT2D eigenvalue weighted by Crippen LogP contribution is 2.27. The van der Waals surface area contributed by atoms with Crippen LogP contribution in [0, 0.1) is 0 Å². The van der Waals surface area contributed by atoms with E-state index in [0.717, 1.165) is 0 Å². The molecule has 0 bridgehead atoms. The lowest BCUT2D eigenvalue weighted by Gasteiger charge is -1.95. The molecule has 2 rings (SSSR count). The molecule has 0 fully saturated rings. The van der Waals surface area contributed by atoms with Crippen LogP contribution in [0.2, 0.25) is 5.02 Å². The molecule has 0 unspecified atom stereocenters. The average Bonchev–Trinajstić information content (AvgIpc) is 2.33. The highest BCUT2D eigenvalue weighted by Gasteiger charge is 2.20. The van der Waals surface area contributed by atoms with E-state index >= 15 is 0 Å². The molecule has 0 radical (unpaired) electrons. The van der Waals surface area contributed by atoms with Crippen LogP contribution in [-0.2, 0) is 0 Å².